The lowest BCUT2D eigenvalue weighted by atomic mass is 10.2. The van der Waals surface area contributed by atoms with Crippen LogP contribution in [0, 0.1) is 0 Å². The Hall–Kier alpha value is -0.360. The first kappa shape index (κ1) is 14.1. The molecule has 0 saturated carbocycles. The highest BCUT2D eigenvalue weighted by atomic mass is 79.9. The van der Waals surface area contributed by atoms with Crippen LogP contribution in [-0.4, -0.2) is 42.4 Å². The van der Waals surface area contributed by atoms with Crippen molar-refractivity contribution in [2.45, 2.75) is 18.9 Å². The van der Waals surface area contributed by atoms with E-state index < -0.39 is 0 Å². The molecule has 100 valence electrons. The van der Waals surface area contributed by atoms with Crippen molar-refractivity contribution in [3.8, 4) is 0 Å². The topological polar surface area (TPSA) is 48.4 Å². The molecule has 2 heterocycles. The molecular formula is C12H17BrClN3O. The number of aromatic nitrogens is 1. The van der Waals surface area contributed by atoms with E-state index in [1.54, 1.807) is 6.20 Å². The van der Waals surface area contributed by atoms with Crippen LogP contribution in [0.25, 0.3) is 0 Å². The number of aliphatic hydroxyl groups excluding tert-OH is 1. The molecule has 0 spiro atoms. The van der Waals surface area contributed by atoms with Crippen LogP contribution >= 0.6 is 27.5 Å². The Balaban J connectivity index is 2.12. The number of rotatable bonds is 5. The fourth-order valence-electron chi connectivity index (χ4n) is 2.22. The van der Waals surface area contributed by atoms with Crippen molar-refractivity contribution in [2.24, 2.45) is 0 Å². The van der Waals surface area contributed by atoms with Crippen molar-refractivity contribution < 1.29 is 5.11 Å². The summed E-state index contributed by atoms with van der Waals surface area (Å²) in [6.07, 6.45) is 4.10. The molecule has 18 heavy (non-hydrogen) atoms. The van der Waals surface area contributed by atoms with Crippen molar-refractivity contribution >= 4 is 33.3 Å². The van der Waals surface area contributed by atoms with E-state index in [9.17, 15) is 5.11 Å². The third-order valence-corrected chi connectivity index (χ3v) is 3.77. The molecular weight excluding hydrogens is 318 g/mol. The van der Waals surface area contributed by atoms with E-state index in [1.165, 1.54) is 6.42 Å². The highest BCUT2D eigenvalue weighted by molar-refractivity contribution is 9.10. The normalized spacial score (nSPS) is 19.2. The molecule has 1 aliphatic heterocycles. The third kappa shape index (κ3) is 3.57. The van der Waals surface area contributed by atoms with Crippen LogP contribution in [0.3, 0.4) is 0 Å². The average Bonchev–Trinajstić information content (AvgIpc) is 2.81. The molecule has 1 aliphatic rings. The van der Waals surface area contributed by atoms with Gasteiger partial charge in [0.1, 0.15) is 5.82 Å². The van der Waals surface area contributed by atoms with Crippen molar-refractivity contribution in [3.05, 3.63) is 21.8 Å². The summed E-state index contributed by atoms with van der Waals surface area (Å²) in [6.45, 7) is 2.54. The fourth-order valence-corrected chi connectivity index (χ4v) is 2.97. The number of aliphatic hydroxyl groups is 1. The van der Waals surface area contributed by atoms with Crippen LogP contribution < -0.4 is 10.2 Å². The summed E-state index contributed by atoms with van der Waals surface area (Å²) in [5.41, 5.74) is 0. The van der Waals surface area contributed by atoms with Gasteiger partial charge in [-0.15, -0.1) is 0 Å². The van der Waals surface area contributed by atoms with Gasteiger partial charge in [0.15, 0.2) is 0 Å². The fraction of sp³-hybridized carbons (Fsp3) is 0.583. The maximum atomic E-state index is 9.18. The van der Waals surface area contributed by atoms with Gasteiger partial charge in [0.25, 0.3) is 0 Å². The van der Waals surface area contributed by atoms with Crippen LogP contribution in [0.2, 0.25) is 5.02 Å². The molecule has 1 aromatic rings. The van der Waals surface area contributed by atoms with Gasteiger partial charge in [-0.3, -0.25) is 0 Å². The second-order valence-corrected chi connectivity index (χ2v) is 5.74. The minimum atomic E-state index is 0.0980. The van der Waals surface area contributed by atoms with Crippen LogP contribution in [0.4, 0.5) is 5.82 Å². The van der Waals surface area contributed by atoms with Crippen molar-refractivity contribution in [1.29, 1.82) is 0 Å². The van der Waals surface area contributed by atoms with Gasteiger partial charge in [0.2, 0.25) is 0 Å². The monoisotopic (exact) mass is 333 g/mol. The molecule has 0 aromatic carbocycles. The Morgan fingerprint density at radius 1 is 1.61 bits per heavy atom. The SMILES string of the molecule is OCCN(CC1CCCN1)c1ncc(Br)cc1Cl. The molecule has 1 fully saturated rings. The van der Waals surface area contributed by atoms with Gasteiger partial charge in [-0.25, -0.2) is 4.98 Å². The Morgan fingerprint density at radius 3 is 3.06 bits per heavy atom. The zero-order chi connectivity index (χ0) is 13.0. The molecule has 0 bridgehead atoms. The second kappa shape index (κ2) is 6.70. The summed E-state index contributed by atoms with van der Waals surface area (Å²) in [4.78, 5) is 6.39. The molecule has 6 heteroatoms. The molecule has 1 aromatic heterocycles. The first-order chi connectivity index (χ1) is 8.70. The minimum absolute atomic E-state index is 0.0980. The van der Waals surface area contributed by atoms with Gasteiger partial charge < -0.3 is 15.3 Å². The number of hydrogen-bond donors (Lipinski definition) is 2. The third-order valence-electron chi connectivity index (χ3n) is 3.06. The Morgan fingerprint density at radius 2 is 2.44 bits per heavy atom. The Bertz CT molecular complexity index is 399. The van der Waals surface area contributed by atoms with E-state index >= 15 is 0 Å². The quantitative estimate of drug-likeness (QED) is 0.865. The summed E-state index contributed by atoms with van der Waals surface area (Å²) in [5, 5.41) is 13.2. The standard InChI is InChI=1S/C12H17BrClN3O/c13-9-6-11(14)12(16-7-9)17(4-5-18)8-10-2-1-3-15-10/h6-7,10,15,18H,1-5,8H2. The number of nitrogens with one attached hydrogen (secondary N) is 1. The van der Waals surface area contributed by atoms with Gasteiger partial charge in [-0.05, 0) is 41.4 Å². The summed E-state index contributed by atoms with van der Waals surface area (Å²) in [5.74, 6) is 0.739. The lowest BCUT2D eigenvalue weighted by Crippen LogP contribution is -2.39. The number of hydrogen-bond acceptors (Lipinski definition) is 4. The van der Waals surface area contributed by atoms with Gasteiger partial charge >= 0.3 is 0 Å². The largest absolute Gasteiger partial charge is 0.395 e. The molecule has 1 atom stereocenters. The van der Waals surface area contributed by atoms with E-state index in [-0.39, 0.29) is 6.61 Å². The Kier molecular flexibility index (Phi) is 5.24. The smallest absolute Gasteiger partial charge is 0.147 e. The molecule has 0 amide bonds. The van der Waals surface area contributed by atoms with Crippen LogP contribution in [0.5, 0.6) is 0 Å². The zero-order valence-electron chi connectivity index (χ0n) is 10.1. The zero-order valence-corrected chi connectivity index (χ0v) is 12.4. The summed E-state index contributed by atoms with van der Waals surface area (Å²) in [7, 11) is 0. The van der Waals surface area contributed by atoms with Gasteiger partial charge in [-0.1, -0.05) is 11.6 Å². The predicted molar refractivity (Wildman–Crippen MR) is 77.3 cm³/mol. The molecule has 0 aliphatic carbocycles. The van der Waals surface area contributed by atoms with E-state index in [0.717, 1.165) is 29.8 Å². The van der Waals surface area contributed by atoms with Crippen LogP contribution in [0.15, 0.2) is 16.7 Å². The van der Waals surface area contributed by atoms with E-state index in [4.69, 9.17) is 11.6 Å². The number of nitrogens with zero attached hydrogens (tertiary/aromatic N) is 2. The van der Waals surface area contributed by atoms with Gasteiger partial charge in [0, 0.05) is 29.8 Å². The maximum absolute atomic E-state index is 9.18. The van der Waals surface area contributed by atoms with E-state index in [1.807, 2.05) is 11.0 Å². The lowest BCUT2D eigenvalue weighted by molar-refractivity contribution is 0.300. The van der Waals surface area contributed by atoms with E-state index in [2.05, 4.69) is 26.2 Å². The molecule has 4 nitrogen and oxygen atoms in total. The number of halogens is 2. The molecule has 1 saturated heterocycles. The maximum Gasteiger partial charge on any atom is 0.147 e. The molecule has 1 unspecified atom stereocenters. The van der Waals surface area contributed by atoms with Gasteiger partial charge in [-0.2, -0.15) is 0 Å². The first-order valence-corrected chi connectivity index (χ1v) is 7.28. The molecule has 2 rings (SSSR count). The summed E-state index contributed by atoms with van der Waals surface area (Å²) < 4.78 is 0.860. The van der Waals surface area contributed by atoms with Crippen LogP contribution in [0.1, 0.15) is 12.8 Å². The first-order valence-electron chi connectivity index (χ1n) is 6.11. The predicted octanol–water partition coefficient (Wildman–Crippen LogP) is 2.05. The average molecular weight is 335 g/mol. The molecule has 2 N–H and O–H groups in total. The van der Waals surface area contributed by atoms with Crippen molar-refractivity contribution in [1.82, 2.24) is 10.3 Å². The second-order valence-electron chi connectivity index (χ2n) is 4.42. The van der Waals surface area contributed by atoms with Crippen molar-refractivity contribution in [2.75, 3.05) is 31.1 Å². The van der Waals surface area contributed by atoms with E-state index in [0.29, 0.717) is 17.6 Å². The minimum Gasteiger partial charge on any atom is -0.395 e. The lowest BCUT2D eigenvalue weighted by Gasteiger charge is -2.26. The van der Waals surface area contributed by atoms with Gasteiger partial charge in [0.05, 0.1) is 11.6 Å². The van der Waals surface area contributed by atoms with Crippen molar-refractivity contribution in [3.63, 3.8) is 0 Å². The Labute approximate surface area is 120 Å². The highest BCUT2D eigenvalue weighted by Gasteiger charge is 2.20. The number of pyridine rings is 1. The summed E-state index contributed by atoms with van der Waals surface area (Å²) in [6, 6.07) is 2.29. The highest BCUT2D eigenvalue weighted by Crippen LogP contribution is 2.26. The number of anilines is 1. The summed E-state index contributed by atoms with van der Waals surface area (Å²) >= 11 is 9.55. The molecule has 0 radical (unpaired) electrons. The van der Waals surface area contributed by atoms with Crippen LogP contribution in [-0.2, 0) is 0 Å².